The fraction of sp³-hybridized carbons (Fsp3) is 0.421. The van der Waals surface area contributed by atoms with Crippen molar-refractivity contribution in [1.29, 1.82) is 0 Å². The summed E-state index contributed by atoms with van der Waals surface area (Å²) in [7, 11) is -1.31. The molecular weight excluding hydrogens is 362 g/mol. The van der Waals surface area contributed by atoms with Crippen molar-refractivity contribution in [2.24, 2.45) is 5.92 Å². The summed E-state index contributed by atoms with van der Waals surface area (Å²) in [6.45, 7) is 3.69. The molecule has 0 unspecified atom stereocenters. The molecule has 0 saturated heterocycles. The van der Waals surface area contributed by atoms with Crippen LogP contribution in [0.15, 0.2) is 35.7 Å². The number of aryl methyl sites for hydroxylation is 2. The Bertz CT molecular complexity index is 1090. The summed E-state index contributed by atoms with van der Waals surface area (Å²) in [6, 6.07) is 4.08. The first kappa shape index (κ1) is 17.9. The summed E-state index contributed by atoms with van der Waals surface area (Å²) in [5.41, 5.74) is 2.41. The van der Waals surface area contributed by atoms with Crippen LogP contribution in [0.2, 0.25) is 0 Å². The molecule has 1 saturated carbocycles. The predicted molar refractivity (Wildman–Crippen MR) is 105 cm³/mol. The molecule has 0 bridgehead atoms. The number of rotatable bonds is 5. The molecule has 7 nitrogen and oxygen atoms in total. The van der Waals surface area contributed by atoms with Crippen LogP contribution in [0.1, 0.15) is 24.1 Å². The van der Waals surface area contributed by atoms with Gasteiger partial charge in [-0.2, -0.15) is 0 Å². The van der Waals surface area contributed by atoms with Gasteiger partial charge in [-0.25, -0.2) is 18.4 Å². The lowest BCUT2D eigenvalue weighted by atomic mass is 9.81. The van der Waals surface area contributed by atoms with Crippen LogP contribution in [0.5, 0.6) is 0 Å². The van der Waals surface area contributed by atoms with Crippen molar-refractivity contribution in [1.82, 2.24) is 19.9 Å². The minimum absolute atomic E-state index is 0.159. The molecular formula is C19H23N5O2S. The Balaban J connectivity index is 1.44. The van der Waals surface area contributed by atoms with Gasteiger partial charge in [0.05, 0.1) is 16.0 Å². The zero-order valence-electron chi connectivity index (χ0n) is 15.7. The van der Waals surface area contributed by atoms with Crippen LogP contribution in [0.25, 0.3) is 11.0 Å². The van der Waals surface area contributed by atoms with Gasteiger partial charge in [0.1, 0.15) is 17.8 Å². The maximum absolute atomic E-state index is 12.8. The molecule has 0 radical (unpaired) electrons. The molecule has 0 aromatic carbocycles. The van der Waals surface area contributed by atoms with Crippen LogP contribution in [-0.4, -0.2) is 47.2 Å². The minimum atomic E-state index is -3.32. The Labute approximate surface area is 158 Å². The zero-order chi connectivity index (χ0) is 19.2. The molecule has 1 fully saturated rings. The standard InChI is InChI=1S/C19H23N5O2S/c1-12-6-13(2)21-9-17(12)27(25,26)10-14-7-15(8-14)24(3)19-16-4-5-20-18(16)22-11-23-19/h4-6,9,11,14-15H,7-8,10H2,1-3H3,(H,20,22,23)/t14-,15+. The second-order valence-corrected chi connectivity index (χ2v) is 9.41. The van der Waals surface area contributed by atoms with Crippen molar-refractivity contribution in [2.75, 3.05) is 17.7 Å². The van der Waals surface area contributed by atoms with Crippen LogP contribution in [0, 0.1) is 19.8 Å². The van der Waals surface area contributed by atoms with Gasteiger partial charge in [-0.1, -0.05) is 0 Å². The lowest BCUT2D eigenvalue weighted by molar-refractivity contribution is 0.282. The van der Waals surface area contributed by atoms with E-state index in [4.69, 9.17) is 0 Å². The third-order valence-corrected chi connectivity index (χ3v) is 7.42. The molecule has 0 atom stereocenters. The smallest absolute Gasteiger partial charge is 0.180 e. The van der Waals surface area contributed by atoms with Gasteiger partial charge < -0.3 is 9.88 Å². The number of aromatic amines is 1. The molecule has 0 aliphatic heterocycles. The molecule has 1 aliphatic carbocycles. The highest BCUT2D eigenvalue weighted by Gasteiger charge is 2.36. The third kappa shape index (κ3) is 3.29. The van der Waals surface area contributed by atoms with Crippen molar-refractivity contribution in [3.8, 4) is 0 Å². The highest BCUT2D eigenvalue weighted by atomic mass is 32.2. The molecule has 3 aromatic rings. The Morgan fingerprint density at radius 3 is 2.74 bits per heavy atom. The number of pyridine rings is 1. The van der Waals surface area contributed by atoms with E-state index in [0.29, 0.717) is 4.90 Å². The highest BCUT2D eigenvalue weighted by Crippen LogP contribution is 2.36. The van der Waals surface area contributed by atoms with E-state index in [-0.39, 0.29) is 17.7 Å². The Morgan fingerprint density at radius 1 is 1.22 bits per heavy atom. The summed E-state index contributed by atoms with van der Waals surface area (Å²) in [5, 5.41) is 0.984. The first-order chi connectivity index (χ1) is 12.8. The highest BCUT2D eigenvalue weighted by molar-refractivity contribution is 7.91. The van der Waals surface area contributed by atoms with Crippen LogP contribution in [-0.2, 0) is 9.84 Å². The molecule has 3 aromatic heterocycles. The van der Waals surface area contributed by atoms with Gasteiger partial charge in [0.25, 0.3) is 0 Å². The average molecular weight is 385 g/mol. The molecule has 142 valence electrons. The van der Waals surface area contributed by atoms with Crippen LogP contribution in [0.4, 0.5) is 5.82 Å². The van der Waals surface area contributed by atoms with E-state index in [1.807, 2.05) is 39.2 Å². The van der Waals surface area contributed by atoms with Crippen LogP contribution >= 0.6 is 0 Å². The van der Waals surface area contributed by atoms with E-state index in [1.54, 1.807) is 6.33 Å². The van der Waals surface area contributed by atoms with Crippen LogP contribution < -0.4 is 4.90 Å². The summed E-state index contributed by atoms with van der Waals surface area (Å²) in [5.74, 6) is 1.21. The normalized spacial score (nSPS) is 19.8. The second kappa shape index (κ2) is 6.60. The number of nitrogens with one attached hydrogen (secondary N) is 1. The van der Waals surface area contributed by atoms with Gasteiger partial charge in [-0.05, 0) is 50.3 Å². The van der Waals surface area contributed by atoms with E-state index in [2.05, 4.69) is 24.8 Å². The van der Waals surface area contributed by atoms with E-state index in [9.17, 15) is 8.42 Å². The number of aromatic nitrogens is 4. The van der Waals surface area contributed by atoms with Gasteiger partial charge in [0.2, 0.25) is 0 Å². The Morgan fingerprint density at radius 2 is 2.00 bits per heavy atom. The minimum Gasteiger partial charge on any atom is -0.356 e. The quantitative estimate of drug-likeness (QED) is 0.726. The molecule has 1 aliphatic rings. The fourth-order valence-electron chi connectivity index (χ4n) is 3.88. The van der Waals surface area contributed by atoms with Crippen molar-refractivity contribution in [2.45, 2.75) is 37.6 Å². The topological polar surface area (TPSA) is 91.8 Å². The fourth-order valence-corrected chi connectivity index (χ4v) is 5.71. The number of anilines is 1. The van der Waals surface area contributed by atoms with Crippen molar-refractivity contribution >= 4 is 26.7 Å². The molecule has 0 amide bonds. The van der Waals surface area contributed by atoms with Gasteiger partial charge in [-0.15, -0.1) is 0 Å². The third-order valence-electron chi connectivity index (χ3n) is 5.42. The molecule has 1 N–H and O–H groups in total. The Hall–Kier alpha value is -2.48. The van der Waals surface area contributed by atoms with Crippen LogP contribution in [0.3, 0.4) is 0 Å². The number of sulfone groups is 1. The van der Waals surface area contributed by atoms with Gasteiger partial charge in [0, 0.05) is 31.2 Å². The average Bonchev–Trinajstić information content (AvgIpc) is 3.05. The first-order valence-corrected chi connectivity index (χ1v) is 10.7. The largest absolute Gasteiger partial charge is 0.356 e. The van der Waals surface area contributed by atoms with E-state index in [0.717, 1.165) is 41.0 Å². The lowest BCUT2D eigenvalue weighted by Gasteiger charge is -2.41. The SMILES string of the molecule is Cc1cc(C)c(S(=O)(=O)C[C@H]2C[C@@H](N(C)c3ncnc4[nH]ccc34)C2)cn1. The van der Waals surface area contributed by atoms with Crippen molar-refractivity contribution in [3.63, 3.8) is 0 Å². The Kier molecular flexibility index (Phi) is 4.38. The lowest BCUT2D eigenvalue weighted by Crippen LogP contribution is -2.45. The van der Waals surface area contributed by atoms with Gasteiger partial charge >= 0.3 is 0 Å². The summed E-state index contributed by atoms with van der Waals surface area (Å²) in [6.07, 6.45) is 6.57. The molecule has 4 rings (SSSR count). The number of H-pyrrole nitrogens is 1. The molecule has 0 spiro atoms. The monoisotopic (exact) mass is 385 g/mol. The van der Waals surface area contributed by atoms with E-state index < -0.39 is 9.84 Å². The molecule has 8 heteroatoms. The van der Waals surface area contributed by atoms with E-state index in [1.165, 1.54) is 6.20 Å². The maximum atomic E-state index is 12.8. The van der Waals surface area contributed by atoms with Crippen molar-refractivity contribution in [3.05, 3.63) is 42.1 Å². The number of hydrogen-bond donors (Lipinski definition) is 1. The predicted octanol–water partition coefficient (Wildman–Crippen LogP) is 2.66. The summed E-state index contributed by atoms with van der Waals surface area (Å²) < 4.78 is 25.6. The zero-order valence-corrected chi connectivity index (χ0v) is 16.5. The van der Waals surface area contributed by atoms with Gasteiger partial charge in [0.15, 0.2) is 9.84 Å². The first-order valence-electron chi connectivity index (χ1n) is 9.02. The second-order valence-electron chi connectivity index (χ2n) is 7.41. The van der Waals surface area contributed by atoms with E-state index >= 15 is 0 Å². The molecule has 3 heterocycles. The number of hydrogen-bond acceptors (Lipinski definition) is 6. The number of nitrogens with zero attached hydrogens (tertiary/aromatic N) is 4. The number of fused-ring (bicyclic) bond motifs is 1. The maximum Gasteiger partial charge on any atom is 0.180 e. The summed E-state index contributed by atoms with van der Waals surface area (Å²) in [4.78, 5) is 18.4. The molecule has 27 heavy (non-hydrogen) atoms. The summed E-state index contributed by atoms with van der Waals surface area (Å²) >= 11 is 0. The van der Waals surface area contributed by atoms with Crippen molar-refractivity contribution < 1.29 is 8.42 Å². The van der Waals surface area contributed by atoms with Gasteiger partial charge in [-0.3, -0.25) is 4.98 Å².